The van der Waals surface area contributed by atoms with Gasteiger partial charge in [0.15, 0.2) is 0 Å². The van der Waals surface area contributed by atoms with Crippen molar-refractivity contribution in [2.24, 2.45) is 7.05 Å². The first kappa shape index (κ1) is 16.4. The Morgan fingerprint density at radius 2 is 1.79 bits per heavy atom. The van der Waals surface area contributed by atoms with E-state index >= 15 is 0 Å². The number of rotatable bonds is 6. The Kier molecular flexibility index (Phi) is 4.79. The summed E-state index contributed by atoms with van der Waals surface area (Å²) >= 11 is 0. The molecule has 0 radical (unpaired) electrons. The summed E-state index contributed by atoms with van der Waals surface area (Å²) in [5.41, 5.74) is 2.91. The van der Waals surface area contributed by atoms with Crippen molar-refractivity contribution in [2.45, 2.75) is 45.6 Å². The molecule has 0 saturated carbocycles. The summed E-state index contributed by atoms with van der Waals surface area (Å²) < 4.78 is 3.81. The summed E-state index contributed by atoms with van der Waals surface area (Å²) in [6.07, 6.45) is 9.58. The van der Waals surface area contributed by atoms with Gasteiger partial charge >= 0.3 is 0 Å². The Morgan fingerprint density at radius 3 is 2.42 bits per heavy atom. The normalized spacial score (nSPS) is 11.5. The van der Waals surface area contributed by atoms with Gasteiger partial charge in [-0.05, 0) is 30.5 Å². The lowest BCUT2D eigenvalue weighted by Crippen LogP contribution is -2.17. The van der Waals surface area contributed by atoms with Gasteiger partial charge in [0, 0.05) is 24.2 Å². The van der Waals surface area contributed by atoms with E-state index in [4.69, 9.17) is 0 Å². The molecular weight excluding hydrogens is 300 g/mol. The number of benzene rings is 1. The molecule has 5 nitrogen and oxygen atoms in total. The minimum Gasteiger partial charge on any atom is -0.287 e. The average molecular weight is 324 g/mol. The molecule has 2 heterocycles. The average Bonchev–Trinajstić information content (AvgIpc) is 3.01. The number of fused-ring (bicyclic) bond motifs is 1. The predicted octanol–water partition coefficient (Wildman–Crippen LogP) is 3.94. The van der Waals surface area contributed by atoms with Crippen LogP contribution in [0.15, 0.2) is 41.6 Å². The molecule has 0 spiro atoms. The smallest absolute Gasteiger partial charge is 0.207 e. The van der Waals surface area contributed by atoms with Crippen LogP contribution in [0.2, 0.25) is 0 Å². The minimum atomic E-state index is -0.0289. The Labute approximate surface area is 141 Å². The highest BCUT2D eigenvalue weighted by molar-refractivity contribution is 5.84. The molecule has 0 amide bonds. The lowest BCUT2D eigenvalue weighted by molar-refractivity contribution is 0.398. The van der Waals surface area contributed by atoms with Crippen LogP contribution in [0.25, 0.3) is 22.0 Å². The molecule has 3 aromatic rings. The van der Waals surface area contributed by atoms with Gasteiger partial charge in [0.2, 0.25) is 5.43 Å². The second-order valence-electron chi connectivity index (χ2n) is 6.32. The van der Waals surface area contributed by atoms with Crippen molar-refractivity contribution in [3.8, 4) is 11.1 Å². The summed E-state index contributed by atoms with van der Waals surface area (Å²) in [6, 6.07) is 6.37. The van der Waals surface area contributed by atoms with Gasteiger partial charge in [-0.1, -0.05) is 32.8 Å². The number of aromatic nitrogens is 4. The second-order valence-corrected chi connectivity index (χ2v) is 6.32. The second kappa shape index (κ2) is 6.99. The first-order chi connectivity index (χ1) is 11.6. The lowest BCUT2D eigenvalue weighted by atomic mass is 10.0. The third-order valence-corrected chi connectivity index (χ3v) is 4.44. The topological polar surface area (TPSA) is 52.7 Å². The zero-order valence-electron chi connectivity index (χ0n) is 14.6. The van der Waals surface area contributed by atoms with E-state index in [1.165, 1.54) is 6.20 Å². The molecule has 3 rings (SSSR count). The molecule has 0 aliphatic rings. The highest BCUT2D eigenvalue weighted by Crippen LogP contribution is 2.26. The molecule has 0 N–H and O–H groups in total. The fourth-order valence-corrected chi connectivity index (χ4v) is 3.28. The zero-order valence-corrected chi connectivity index (χ0v) is 14.6. The van der Waals surface area contributed by atoms with Crippen LogP contribution >= 0.6 is 0 Å². The standard InChI is InChI=1S/C19H24N4O/c1-4-6-16(7-5-2)23-18-9-8-14(15-11-20-22(3)13-15)10-17(18)19(24)12-21-23/h8-13,16H,4-7H2,1-3H3. The lowest BCUT2D eigenvalue weighted by Gasteiger charge is -2.20. The molecule has 1 aromatic carbocycles. The molecule has 0 fully saturated rings. The van der Waals surface area contributed by atoms with Crippen LogP contribution in [-0.2, 0) is 7.05 Å². The molecule has 0 aliphatic heterocycles. The molecule has 5 heteroatoms. The van der Waals surface area contributed by atoms with Crippen molar-refractivity contribution in [2.75, 3.05) is 0 Å². The van der Waals surface area contributed by atoms with Gasteiger partial charge in [0.05, 0.1) is 24.0 Å². The van der Waals surface area contributed by atoms with E-state index < -0.39 is 0 Å². The number of hydrogen-bond donors (Lipinski definition) is 0. The zero-order chi connectivity index (χ0) is 17.1. The van der Waals surface area contributed by atoms with E-state index in [1.54, 1.807) is 4.68 Å². The van der Waals surface area contributed by atoms with Gasteiger partial charge in [0.25, 0.3) is 0 Å². The van der Waals surface area contributed by atoms with E-state index in [0.717, 1.165) is 47.7 Å². The SMILES string of the molecule is CCCC(CCC)n1ncc(=O)c2cc(-c3cnn(C)c3)ccc21. The molecule has 0 atom stereocenters. The number of hydrogen-bond acceptors (Lipinski definition) is 3. The fraction of sp³-hybridized carbons (Fsp3) is 0.421. The summed E-state index contributed by atoms with van der Waals surface area (Å²) in [5.74, 6) is 0. The Balaban J connectivity index is 2.13. The molecular formula is C19H24N4O. The minimum absolute atomic E-state index is 0.0289. The number of aryl methyl sites for hydroxylation is 1. The molecule has 2 aromatic heterocycles. The van der Waals surface area contributed by atoms with Crippen molar-refractivity contribution in [1.82, 2.24) is 19.6 Å². The van der Waals surface area contributed by atoms with Crippen molar-refractivity contribution >= 4 is 10.9 Å². The molecule has 0 aliphatic carbocycles. The molecule has 24 heavy (non-hydrogen) atoms. The molecule has 0 unspecified atom stereocenters. The van der Waals surface area contributed by atoms with Crippen LogP contribution in [0.4, 0.5) is 0 Å². The third kappa shape index (κ3) is 3.11. The maximum atomic E-state index is 12.4. The quantitative estimate of drug-likeness (QED) is 0.690. The van der Waals surface area contributed by atoms with Crippen LogP contribution in [0.1, 0.15) is 45.6 Å². The van der Waals surface area contributed by atoms with Gasteiger partial charge in [0.1, 0.15) is 0 Å². The van der Waals surface area contributed by atoms with E-state index in [0.29, 0.717) is 6.04 Å². The molecule has 126 valence electrons. The van der Waals surface area contributed by atoms with Gasteiger partial charge in [-0.3, -0.25) is 14.2 Å². The maximum Gasteiger partial charge on any atom is 0.207 e. The van der Waals surface area contributed by atoms with E-state index in [2.05, 4.69) is 24.0 Å². The van der Waals surface area contributed by atoms with Crippen LogP contribution < -0.4 is 5.43 Å². The third-order valence-electron chi connectivity index (χ3n) is 4.44. The first-order valence-corrected chi connectivity index (χ1v) is 8.64. The molecule has 0 saturated heterocycles. The van der Waals surface area contributed by atoms with E-state index in [1.807, 2.05) is 42.3 Å². The monoisotopic (exact) mass is 324 g/mol. The summed E-state index contributed by atoms with van der Waals surface area (Å²) in [5, 5.41) is 9.37. The van der Waals surface area contributed by atoms with Gasteiger partial charge in [-0.25, -0.2) is 0 Å². The van der Waals surface area contributed by atoms with E-state index in [-0.39, 0.29) is 5.43 Å². The van der Waals surface area contributed by atoms with Gasteiger partial charge in [-0.15, -0.1) is 0 Å². The molecule has 0 bridgehead atoms. The summed E-state index contributed by atoms with van der Waals surface area (Å²) in [4.78, 5) is 12.4. The predicted molar refractivity (Wildman–Crippen MR) is 97.1 cm³/mol. The Morgan fingerprint density at radius 1 is 1.04 bits per heavy atom. The van der Waals surface area contributed by atoms with Crippen LogP contribution in [0.3, 0.4) is 0 Å². The maximum absolute atomic E-state index is 12.4. The fourth-order valence-electron chi connectivity index (χ4n) is 3.28. The first-order valence-electron chi connectivity index (χ1n) is 8.64. The van der Waals surface area contributed by atoms with Crippen molar-refractivity contribution in [3.63, 3.8) is 0 Å². The summed E-state index contributed by atoms with van der Waals surface area (Å²) in [6.45, 7) is 4.38. The van der Waals surface area contributed by atoms with Crippen molar-refractivity contribution in [3.05, 3.63) is 47.0 Å². The summed E-state index contributed by atoms with van der Waals surface area (Å²) in [7, 11) is 1.89. The van der Waals surface area contributed by atoms with Crippen molar-refractivity contribution in [1.29, 1.82) is 0 Å². The van der Waals surface area contributed by atoms with E-state index in [9.17, 15) is 4.79 Å². The van der Waals surface area contributed by atoms with Gasteiger partial charge in [-0.2, -0.15) is 10.2 Å². The Bertz CT molecular complexity index is 888. The highest BCUT2D eigenvalue weighted by atomic mass is 16.1. The number of nitrogens with zero attached hydrogens (tertiary/aromatic N) is 4. The van der Waals surface area contributed by atoms with Crippen molar-refractivity contribution < 1.29 is 0 Å². The highest BCUT2D eigenvalue weighted by Gasteiger charge is 2.14. The van der Waals surface area contributed by atoms with Crippen LogP contribution in [-0.4, -0.2) is 19.6 Å². The van der Waals surface area contributed by atoms with Crippen LogP contribution in [0.5, 0.6) is 0 Å². The van der Waals surface area contributed by atoms with Crippen LogP contribution in [0, 0.1) is 0 Å². The largest absolute Gasteiger partial charge is 0.287 e. The van der Waals surface area contributed by atoms with Gasteiger partial charge < -0.3 is 0 Å². The Hall–Kier alpha value is -2.43.